The molecule has 3 heteroatoms. The average molecular weight is 276 g/mol. The molecule has 0 unspecified atom stereocenters. The van der Waals surface area contributed by atoms with Gasteiger partial charge in [0.05, 0.1) is 11.9 Å². The number of rotatable bonds is 4. The van der Waals surface area contributed by atoms with Crippen LogP contribution in [0.2, 0.25) is 0 Å². The molecular weight excluding hydrogens is 260 g/mol. The normalized spacial score (nSPS) is 10.3. The van der Waals surface area contributed by atoms with E-state index in [4.69, 9.17) is 10.5 Å². The van der Waals surface area contributed by atoms with Crippen LogP contribution in [0, 0.1) is 0 Å². The van der Waals surface area contributed by atoms with Crippen LogP contribution in [0.15, 0.2) is 72.9 Å². The summed E-state index contributed by atoms with van der Waals surface area (Å²) in [6.07, 6.45) is 1.69. The summed E-state index contributed by atoms with van der Waals surface area (Å²) in [5, 5.41) is 0. The molecule has 0 aliphatic heterocycles. The predicted molar refractivity (Wildman–Crippen MR) is 84.1 cm³/mol. The second-order valence-corrected chi connectivity index (χ2v) is 4.68. The minimum atomic E-state index is 0.437. The first-order valence-electron chi connectivity index (χ1n) is 6.83. The molecule has 1 aromatic heterocycles. The van der Waals surface area contributed by atoms with E-state index in [2.05, 4.69) is 17.1 Å². The second kappa shape index (κ2) is 6.20. The first-order valence-corrected chi connectivity index (χ1v) is 6.83. The quantitative estimate of drug-likeness (QED) is 0.783. The predicted octanol–water partition coefficient (Wildman–Crippen LogP) is 4.00. The third-order valence-corrected chi connectivity index (χ3v) is 3.20. The van der Waals surface area contributed by atoms with Gasteiger partial charge < -0.3 is 10.5 Å². The van der Waals surface area contributed by atoms with Crippen molar-refractivity contribution in [2.45, 2.75) is 6.54 Å². The maximum Gasteiger partial charge on any atom is 0.145 e. The van der Waals surface area contributed by atoms with Gasteiger partial charge in [0, 0.05) is 6.54 Å². The van der Waals surface area contributed by atoms with Crippen molar-refractivity contribution in [1.82, 2.24) is 4.98 Å². The van der Waals surface area contributed by atoms with E-state index in [0.717, 1.165) is 11.4 Å². The number of aromatic nitrogens is 1. The molecule has 2 N–H and O–H groups in total. The van der Waals surface area contributed by atoms with Crippen LogP contribution in [0.1, 0.15) is 5.69 Å². The van der Waals surface area contributed by atoms with Crippen LogP contribution in [0.5, 0.6) is 11.5 Å². The number of benzene rings is 2. The summed E-state index contributed by atoms with van der Waals surface area (Å²) in [6.45, 7) is 0.437. The van der Waals surface area contributed by atoms with Gasteiger partial charge in [0.2, 0.25) is 0 Å². The molecule has 0 saturated heterocycles. The van der Waals surface area contributed by atoms with Crippen LogP contribution in [-0.4, -0.2) is 4.98 Å². The molecule has 3 rings (SSSR count). The Morgan fingerprint density at radius 3 is 2.05 bits per heavy atom. The largest absolute Gasteiger partial charge is 0.456 e. The van der Waals surface area contributed by atoms with Crippen LogP contribution in [0.3, 0.4) is 0 Å². The molecule has 1 heterocycles. The van der Waals surface area contributed by atoms with Crippen molar-refractivity contribution in [3.63, 3.8) is 0 Å². The minimum absolute atomic E-state index is 0.437. The zero-order valence-corrected chi connectivity index (χ0v) is 11.6. The van der Waals surface area contributed by atoms with Gasteiger partial charge in [-0.25, -0.2) is 0 Å². The number of pyridine rings is 1. The summed E-state index contributed by atoms with van der Waals surface area (Å²) in [5.41, 5.74) is 8.73. The second-order valence-electron chi connectivity index (χ2n) is 4.68. The monoisotopic (exact) mass is 276 g/mol. The summed E-state index contributed by atoms with van der Waals surface area (Å²) in [4.78, 5) is 4.21. The van der Waals surface area contributed by atoms with Crippen molar-refractivity contribution in [3.8, 4) is 22.6 Å². The highest BCUT2D eigenvalue weighted by Crippen LogP contribution is 2.25. The summed E-state index contributed by atoms with van der Waals surface area (Å²) >= 11 is 0. The maximum atomic E-state index is 5.77. The molecule has 0 fully saturated rings. The molecule has 0 amide bonds. The number of hydrogen-bond acceptors (Lipinski definition) is 3. The lowest BCUT2D eigenvalue weighted by atomic mass is 10.1. The topological polar surface area (TPSA) is 48.1 Å². The maximum absolute atomic E-state index is 5.77. The highest BCUT2D eigenvalue weighted by Gasteiger charge is 2.00. The molecule has 3 aromatic rings. The Hall–Kier alpha value is -2.65. The smallest absolute Gasteiger partial charge is 0.145 e. The fourth-order valence-electron chi connectivity index (χ4n) is 2.07. The molecule has 0 saturated carbocycles. The van der Waals surface area contributed by atoms with Crippen molar-refractivity contribution in [2.24, 2.45) is 5.73 Å². The van der Waals surface area contributed by atoms with Crippen molar-refractivity contribution in [1.29, 1.82) is 0 Å². The van der Waals surface area contributed by atoms with Gasteiger partial charge in [-0.1, -0.05) is 42.5 Å². The molecule has 0 aliphatic rings. The van der Waals surface area contributed by atoms with Gasteiger partial charge in [0.25, 0.3) is 0 Å². The first kappa shape index (κ1) is 13.3. The van der Waals surface area contributed by atoms with Crippen LogP contribution in [-0.2, 0) is 6.54 Å². The molecule has 0 spiro atoms. The van der Waals surface area contributed by atoms with Gasteiger partial charge in [0.15, 0.2) is 0 Å². The Labute approximate surface area is 124 Å². The molecule has 0 bridgehead atoms. The van der Waals surface area contributed by atoms with Gasteiger partial charge in [-0.15, -0.1) is 0 Å². The summed E-state index contributed by atoms with van der Waals surface area (Å²) in [6, 6.07) is 22.0. The molecule has 3 nitrogen and oxygen atoms in total. The van der Waals surface area contributed by atoms with E-state index >= 15 is 0 Å². The number of nitrogens with zero attached hydrogens (tertiary/aromatic N) is 1. The van der Waals surface area contributed by atoms with Gasteiger partial charge >= 0.3 is 0 Å². The third-order valence-electron chi connectivity index (χ3n) is 3.20. The lowest BCUT2D eigenvalue weighted by molar-refractivity contribution is 0.480. The van der Waals surface area contributed by atoms with Crippen LogP contribution in [0.25, 0.3) is 11.1 Å². The molecular formula is C18H16N2O. The summed E-state index contributed by atoms with van der Waals surface area (Å²) in [7, 11) is 0. The summed E-state index contributed by atoms with van der Waals surface area (Å²) < 4.78 is 5.77. The van der Waals surface area contributed by atoms with E-state index in [1.807, 2.05) is 54.6 Å². The SMILES string of the molecule is NCc1ccc(Oc2ccc(-c3ccccc3)cc2)cn1. The fourth-order valence-corrected chi connectivity index (χ4v) is 2.07. The molecule has 104 valence electrons. The molecule has 0 radical (unpaired) electrons. The first-order chi connectivity index (χ1) is 10.3. The van der Waals surface area contributed by atoms with E-state index < -0.39 is 0 Å². The van der Waals surface area contributed by atoms with E-state index in [0.29, 0.717) is 12.3 Å². The van der Waals surface area contributed by atoms with Crippen LogP contribution in [0.4, 0.5) is 0 Å². The number of ether oxygens (including phenoxy) is 1. The van der Waals surface area contributed by atoms with Crippen molar-refractivity contribution >= 4 is 0 Å². The highest BCUT2D eigenvalue weighted by molar-refractivity contribution is 5.64. The lowest BCUT2D eigenvalue weighted by Gasteiger charge is -2.07. The Kier molecular flexibility index (Phi) is 3.94. The number of nitrogens with two attached hydrogens (primary N) is 1. The molecule has 21 heavy (non-hydrogen) atoms. The van der Waals surface area contributed by atoms with Gasteiger partial charge in [-0.2, -0.15) is 0 Å². The minimum Gasteiger partial charge on any atom is -0.456 e. The molecule has 2 aromatic carbocycles. The number of hydrogen-bond donors (Lipinski definition) is 1. The van der Waals surface area contributed by atoms with Gasteiger partial charge in [-0.05, 0) is 35.4 Å². The van der Waals surface area contributed by atoms with E-state index in [1.54, 1.807) is 6.20 Å². The lowest BCUT2D eigenvalue weighted by Crippen LogP contribution is -1.98. The van der Waals surface area contributed by atoms with E-state index in [1.165, 1.54) is 11.1 Å². The van der Waals surface area contributed by atoms with Crippen molar-refractivity contribution in [2.75, 3.05) is 0 Å². The molecule has 0 aliphatic carbocycles. The Balaban J connectivity index is 1.75. The zero-order chi connectivity index (χ0) is 14.5. The highest BCUT2D eigenvalue weighted by atomic mass is 16.5. The Morgan fingerprint density at radius 1 is 0.762 bits per heavy atom. The van der Waals surface area contributed by atoms with Crippen LogP contribution >= 0.6 is 0 Å². The molecule has 0 atom stereocenters. The third kappa shape index (κ3) is 3.27. The summed E-state index contributed by atoms with van der Waals surface area (Å²) in [5.74, 6) is 1.50. The fraction of sp³-hybridized carbons (Fsp3) is 0.0556. The van der Waals surface area contributed by atoms with Crippen LogP contribution < -0.4 is 10.5 Å². The zero-order valence-electron chi connectivity index (χ0n) is 11.6. The van der Waals surface area contributed by atoms with Crippen molar-refractivity contribution in [3.05, 3.63) is 78.6 Å². The van der Waals surface area contributed by atoms with E-state index in [9.17, 15) is 0 Å². The van der Waals surface area contributed by atoms with E-state index in [-0.39, 0.29) is 0 Å². The Morgan fingerprint density at radius 2 is 1.43 bits per heavy atom. The van der Waals surface area contributed by atoms with Gasteiger partial charge in [-0.3, -0.25) is 4.98 Å². The Bertz CT molecular complexity index is 692. The van der Waals surface area contributed by atoms with Gasteiger partial charge in [0.1, 0.15) is 11.5 Å². The van der Waals surface area contributed by atoms with Crippen molar-refractivity contribution < 1.29 is 4.74 Å². The standard InChI is InChI=1S/C18H16N2O/c19-12-16-8-11-18(13-20-16)21-17-9-6-15(7-10-17)14-4-2-1-3-5-14/h1-11,13H,12,19H2. The average Bonchev–Trinajstić information content (AvgIpc) is 2.57.